The molecule has 0 spiro atoms. The van der Waals surface area contributed by atoms with Gasteiger partial charge in [0.05, 0.1) is 5.69 Å². The number of halogens is 1. The van der Waals surface area contributed by atoms with E-state index in [9.17, 15) is 4.79 Å². The Balaban J connectivity index is 1.52. The number of hydrogen-bond donors (Lipinski definition) is 2. The van der Waals surface area contributed by atoms with Crippen LogP contribution in [-0.4, -0.2) is 21.6 Å². The Morgan fingerprint density at radius 1 is 1.30 bits per heavy atom. The fraction of sp³-hybridized carbons (Fsp3) is 0.333. The summed E-state index contributed by atoms with van der Waals surface area (Å²) in [5.74, 6) is 0.814. The van der Waals surface area contributed by atoms with Crippen molar-refractivity contribution in [3.05, 3.63) is 40.5 Å². The lowest BCUT2D eigenvalue weighted by Gasteiger charge is -2.61. The van der Waals surface area contributed by atoms with E-state index in [4.69, 9.17) is 0 Å². The molecule has 1 aromatic heterocycles. The summed E-state index contributed by atoms with van der Waals surface area (Å²) in [4.78, 5) is 12.2. The SMILES string of the molecule is O=C(NC12CC(C1)C2)c1cc(-c2ccc(Br)cc2)n[nH]1. The van der Waals surface area contributed by atoms with Crippen molar-refractivity contribution in [2.24, 2.45) is 5.92 Å². The van der Waals surface area contributed by atoms with Crippen LogP contribution >= 0.6 is 15.9 Å². The van der Waals surface area contributed by atoms with Gasteiger partial charge in [0, 0.05) is 15.6 Å². The van der Waals surface area contributed by atoms with Crippen LogP contribution in [0.5, 0.6) is 0 Å². The first-order valence-electron chi connectivity index (χ1n) is 6.77. The molecule has 1 heterocycles. The highest BCUT2D eigenvalue weighted by atomic mass is 79.9. The van der Waals surface area contributed by atoms with Gasteiger partial charge in [-0.25, -0.2) is 0 Å². The Morgan fingerprint density at radius 2 is 2.00 bits per heavy atom. The number of nitrogens with one attached hydrogen (secondary N) is 2. The van der Waals surface area contributed by atoms with E-state index in [2.05, 4.69) is 31.4 Å². The first-order chi connectivity index (χ1) is 9.63. The maximum absolute atomic E-state index is 12.2. The number of carbonyl (C=O) groups excluding carboxylic acids is 1. The van der Waals surface area contributed by atoms with Crippen LogP contribution < -0.4 is 5.32 Å². The maximum Gasteiger partial charge on any atom is 0.269 e. The van der Waals surface area contributed by atoms with Gasteiger partial charge < -0.3 is 5.32 Å². The molecule has 2 aromatic rings. The van der Waals surface area contributed by atoms with E-state index in [1.165, 1.54) is 0 Å². The number of carbonyl (C=O) groups is 1. The Hall–Kier alpha value is -1.62. The van der Waals surface area contributed by atoms with Crippen LogP contribution in [0.1, 0.15) is 29.8 Å². The molecule has 5 heteroatoms. The first-order valence-corrected chi connectivity index (χ1v) is 7.57. The molecule has 1 amide bonds. The topological polar surface area (TPSA) is 57.8 Å². The van der Waals surface area contributed by atoms with E-state index >= 15 is 0 Å². The van der Waals surface area contributed by atoms with Gasteiger partial charge in [-0.05, 0) is 43.4 Å². The average molecular weight is 332 g/mol. The van der Waals surface area contributed by atoms with Crippen LogP contribution in [0.15, 0.2) is 34.8 Å². The van der Waals surface area contributed by atoms with Gasteiger partial charge in [0.2, 0.25) is 0 Å². The third kappa shape index (κ3) is 1.88. The van der Waals surface area contributed by atoms with Crippen molar-refractivity contribution >= 4 is 21.8 Å². The van der Waals surface area contributed by atoms with E-state index in [-0.39, 0.29) is 11.4 Å². The van der Waals surface area contributed by atoms with Crippen molar-refractivity contribution < 1.29 is 4.79 Å². The quantitative estimate of drug-likeness (QED) is 0.907. The molecular formula is C15H14BrN3O. The summed E-state index contributed by atoms with van der Waals surface area (Å²) < 4.78 is 1.03. The van der Waals surface area contributed by atoms with Gasteiger partial charge in [-0.2, -0.15) is 5.10 Å². The number of benzene rings is 1. The summed E-state index contributed by atoms with van der Waals surface area (Å²) in [6.45, 7) is 0. The highest BCUT2D eigenvalue weighted by Crippen LogP contribution is 2.56. The lowest BCUT2D eigenvalue weighted by Crippen LogP contribution is -2.68. The molecule has 3 aliphatic carbocycles. The zero-order chi connectivity index (χ0) is 13.7. The Kier molecular flexibility index (Phi) is 2.54. The lowest BCUT2D eigenvalue weighted by atomic mass is 9.50. The second-order valence-electron chi connectivity index (χ2n) is 5.89. The second kappa shape index (κ2) is 4.19. The molecular weight excluding hydrogens is 318 g/mol. The van der Waals surface area contributed by atoms with Gasteiger partial charge in [0.15, 0.2) is 0 Å². The fourth-order valence-electron chi connectivity index (χ4n) is 3.15. The highest BCUT2D eigenvalue weighted by molar-refractivity contribution is 9.10. The van der Waals surface area contributed by atoms with Gasteiger partial charge in [-0.15, -0.1) is 0 Å². The molecule has 3 saturated carbocycles. The molecule has 0 aliphatic heterocycles. The second-order valence-corrected chi connectivity index (χ2v) is 6.80. The average Bonchev–Trinajstić information content (AvgIpc) is 2.82. The molecule has 2 N–H and O–H groups in total. The third-order valence-electron chi connectivity index (χ3n) is 4.38. The van der Waals surface area contributed by atoms with Crippen molar-refractivity contribution in [2.45, 2.75) is 24.8 Å². The number of rotatable bonds is 3. The fourth-order valence-corrected chi connectivity index (χ4v) is 3.41. The number of aromatic nitrogens is 2. The molecule has 0 atom stereocenters. The maximum atomic E-state index is 12.2. The largest absolute Gasteiger partial charge is 0.345 e. The molecule has 0 radical (unpaired) electrons. The van der Waals surface area contributed by atoms with Crippen LogP contribution in [0.25, 0.3) is 11.3 Å². The van der Waals surface area contributed by atoms with Crippen LogP contribution in [0, 0.1) is 5.92 Å². The summed E-state index contributed by atoms with van der Waals surface area (Å²) >= 11 is 3.41. The van der Waals surface area contributed by atoms with Gasteiger partial charge >= 0.3 is 0 Å². The monoisotopic (exact) mass is 331 g/mol. The summed E-state index contributed by atoms with van der Waals surface area (Å²) in [6.07, 6.45) is 3.44. The zero-order valence-corrected chi connectivity index (χ0v) is 12.4. The standard InChI is InChI=1S/C15H14BrN3O/c16-11-3-1-10(2-4-11)12-5-13(19-18-12)14(20)17-15-6-9(7-15)8-15/h1-5,9H,6-8H2,(H,17,20)(H,18,19). The Morgan fingerprint density at radius 3 is 2.60 bits per heavy atom. The Bertz CT molecular complexity index is 660. The lowest BCUT2D eigenvalue weighted by molar-refractivity contribution is -0.0439. The van der Waals surface area contributed by atoms with E-state index in [1.807, 2.05) is 30.3 Å². The molecule has 0 unspecified atom stereocenters. The zero-order valence-electron chi connectivity index (χ0n) is 10.8. The predicted octanol–water partition coefficient (Wildman–Crippen LogP) is 3.12. The molecule has 3 fully saturated rings. The minimum absolute atomic E-state index is 0.0426. The normalized spacial score (nSPS) is 26.6. The van der Waals surface area contributed by atoms with Gasteiger partial charge in [0.1, 0.15) is 5.69 Å². The van der Waals surface area contributed by atoms with Gasteiger partial charge in [-0.3, -0.25) is 9.89 Å². The summed E-state index contributed by atoms with van der Waals surface area (Å²) in [5.41, 5.74) is 2.42. The van der Waals surface area contributed by atoms with E-state index in [0.29, 0.717) is 5.69 Å². The summed E-state index contributed by atoms with van der Waals surface area (Å²) in [7, 11) is 0. The van der Waals surface area contributed by atoms with Crippen LogP contribution in [0.4, 0.5) is 0 Å². The number of amides is 1. The molecule has 2 bridgehead atoms. The van der Waals surface area contributed by atoms with E-state index in [1.54, 1.807) is 0 Å². The van der Waals surface area contributed by atoms with E-state index < -0.39 is 0 Å². The van der Waals surface area contributed by atoms with Crippen LogP contribution in [-0.2, 0) is 0 Å². The summed E-state index contributed by atoms with van der Waals surface area (Å²) in [5, 5.41) is 10.2. The van der Waals surface area contributed by atoms with Crippen molar-refractivity contribution in [1.29, 1.82) is 0 Å². The van der Waals surface area contributed by atoms with Crippen LogP contribution in [0.3, 0.4) is 0 Å². The number of nitrogens with zero attached hydrogens (tertiary/aromatic N) is 1. The van der Waals surface area contributed by atoms with Gasteiger partial charge in [-0.1, -0.05) is 28.1 Å². The van der Waals surface area contributed by atoms with E-state index in [0.717, 1.165) is 40.9 Å². The molecule has 20 heavy (non-hydrogen) atoms. The predicted molar refractivity (Wildman–Crippen MR) is 79.3 cm³/mol. The van der Waals surface area contributed by atoms with Crippen molar-refractivity contribution in [3.63, 3.8) is 0 Å². The minimum Gasteiger partial charge on any atom is -0.345 e. The third-order valence-corrected chi connectivity index (χ3v) is 4.91. The first kappa shape index (κ1) is 12.1. The van der Waals surface area contributed by atoms with Gasteiger partial charge in [0.25, 0.3) is 5.91 Å². The highest BCUT2D eigenvalue weighted by Gasteiger charge is 2.57. The molecule has 4 nitrogen and oxygen atoms in total. The molecule has 1 aromatic carbocycles. The molecule has 0 saturated heterocycles. The molecule has 102 valence electrons. The smallest absolute Gasteiger partial charge is 0.269 e. The minimum atomic E-state index is -0.0426. The van der Waals surface area contributed by atoms with Crippen molar-refractivity contribution in [3.8, 4) is 11.3 Å². The number of hydrogen-bond acceptors (Lipinski definition) is 2. The molecule has 5 rings (SSSR count). The Labute approximate surface area is 125 Å². The van der Waals surface area contributed by atoms with Crippen molar-refractivity contribution in [1.82, 2.24) is 15.5 Å². The van der Waals surface area contributed by atoms with Crippen molar-refractivity contribution in [2.75, 3.05) is 0 Å². The van der Waals surface area contributed by atoms with Crippen LogP contribution in [0.2, 0.25) is 0 Å². The molecule has 3 aliphatic rings. The number of H-pyrrole nitrogens is 1. The number of aromatic amines is 1. The summed E-state index contributed by atoms with van der Waals surface area (Å²) in [6, 6.07) is 9.69.